The average molecular weight is 665 g/mol. The fourth-order valence-electron chi connectivity index (χ4n) is 8.58. The Balaban J connectivity index is 1.20. The van der Waals surface area contributed by atoms with E-state index < -0.39 is 0 Å². The number of aromatic nitrogens is 2. The zero-order valence-corrected chi connectivity index (χ0v) is 27.9. The van der Waals surface area contributed by atoms with Crippen molar-refractivity contribution in [3.63, 3.8) is 0 Å². The summed E-state index contributed by atoms with van der Waals surface area (Å²) in [5, 5.41) is 9.35. The third-order valence-electron chi connectivity index (χ3n) is 10.9. The molecule has 242 valence electrons. The standard InChI is InChI=1S/C48H28N2O2/c1-2-12-29(13-3-1)30-22-31(49-41-18-8-4-14-33(41)37-25-39-35-16-6-10-20-45(35)51-47(39)27-43(37)49)24-32(23-30)50-42-19-9-5-15-34(42)38-26-40-36-17-7-11-21-46(36)52-48(40)28-44(38)50/h1-28H. The number of para-hydroxylation sites is 4. The van der Waals surface area contributed by atoms with Gasteiger partial charge in [0.15, 0.2) is 0 Å². The van der Waals surface area contributed by atoms with E-state index in [1.807, 2.05) is 24.3 Å². The largest absolute Gasteiger partial charge is 0.456 e. The van der Waals surface area contributed by atoms with Crippen LogP contribution < -0.4 is 0 Å². The molecule has 0 aliphatic heterocycles. The molecule has 0 amide bonds. The maximum atomic E-state index is 6.45. The van der Waals surface area contributed by atoms with Crippen LogP contribution in [0.15, 0.2) is 179 Å². The van der Waals surface area contributed by atoms with E-state index in [4.69, 9.17) is 8.83 Å². The van der Waals surface area contributed by atoms with Crippen LogP contribution in [0.4, 0.5) is 0 Å². The number of nitrogens with zero attached hydrogens (tertiary/aromatic N) is 2. The lowest BCUT2D eigenvalue weighted by atomic mass is 10.0. The Bertz CT molecular complexity index is 3200. The molecule has 0 spiro atoms. The molecule has 0 bridgehead atoms. The maximum Gasteiger partial charge on any atom is 0.137 e. The fraction of sp³-hybridized carbons (Fsp3) is 0. The van der Waals surface area contributed by atoms with Gasteiger partial charge in [0.2, 0.25) is 0 Å². The molecular weight excluding hydrogens is 637 g/mol. The van der Waals surface area contributed by atoms with Crippen LogP contribution >= 0.6 is 0 Å². The van der Waals surface area contributed by atoms with Crippen molar-refractivity contribution in [1.29, 1.82) is 0 Å². The van der Waals surface area contributed by atoms with Gasteiger partial charge in [-0.1, -0.05) is 103 Å². The molecule has 52 heavy (non-hydrogen) atoms. The summed E-state index contributed by atoms with van der Waals surface area (Å²) in [7, 11) is 0. The first-order valence-corrected chi connectivity index (χ1v) is 17.7. The average Bonchev–Trinajstić information content (AvgIpc) is 3.93. The fourth-order valence-corrected chi connectivity index (χ4v) is 8.58. The molecule has 12 aromatic rings. The van der Waals surface area contributed by atoms with E-state index in [-0.39, 0.29) is 0 Å². The second-order valence-corrected chi connectivity index (χ2v) is 13.7. The molecule has 4 aromatic heterocycles. The molecule has 0 N–H and O–H groups in total. The lowest BCUT2D eigenvalue weighted by molar-refractivity contribution is 0.669. The van der Waals surface area contributed by atoms with Crippen LogP contribution in [0.25, 0.3) is 110 Å². The molecule has 0 atom stereocenters. The maximum absolute atomic E-state index is 6.45. The first-order chi connectivity index (χ1) is 25.8. The Morgan fingerprint density at radius 1 is 0.269 bits per heavy atom. The van der Waals surface area contributed by atoms with Crippen molar-refractivity contribution in [2.24, 2.45) is 0 Å². The zero-order chi connectivity index (χ0) is 33.9. The predicted molar refractivity (Wildman–Crippen MR) is 215 cm³/mol. The quantitative estimate of drug-likeness (QED) is 0.188. The monoisotopic (exact) mass is 664 g/mol. The van der Waals surface area contributed by atoms with Gasteiger partial charge in [-0.3, -0.25) is 0 Å². The van der Waals surface area contributed by atoms with Crippen molar-refractivity contribution in [2.75, 3.05) is 0 Å². The predicted octanol–water partition coefficient (Wildman–Crippen LogP) is 13.3. The molecule has 0 radical (unpaired) electrons. The van der Waals surface area contributed by atoms with Crippen molar-refractivity contribution in [3.8, 4) is 22.5 Å². The molecular formula is C48H28N2O2. The number of rotatable bonds is 3. The van der Waals surface area contributed by atoms with Crippen LogP contribution in [-0.2, 0) is 0 Å². The number of benzene rings is 8. The molecule has 0 unspecified atom stereocenters. The highest BCUT2D eigenvalue weighted by atomic mass is 16.3. The zero-order valence-electron chi connectivity index (χ0n) is 27.9. The topological polar surface area (TPSA) is 36.1 Å². The molecule has 12 rings (SSSR count). The molecule has 0 aliphatic carbocycles. The molecule has 4 heteroatoms. The number of fused-ring (bicyclic) bond motifs is 12. The first kappa shape index (κ1) is 27.7. The Morgan fingerprint density at radius 2 is 0.712 bits per heavy atom. The van der Waals surface area contributed by atoms with Crippen molar-refractivity contribution >= 4 is 87.5 Å². The number of hydrogen-bond donors (Lipinski definition) is 0. The minimum absolute atomic E-state index is 0.884. The highest BCUT2D eigenvalue weighted by molar-refractivity contribution is 6.19. The first-order valence-electron chi connectivity index (χ1n) is 17.7. The summed E-state index contributed by atoms with van der Waals surface area (Å²) < 4.78 is 17.7. The van der Waals surface area contributed by atoms with Crippen molar-refractivity contribution in [1.82, 2.24) is 9.13 Å². The second-order valence-electron chi connectivity index (χ2n) is 13.7. The molecule has 0 fully saturated rings. The molecule has 4 heterocycles. The number of hydrogen-bond acceptors (Lipinski definition) is 2. The Kier molecular flexibility index (Phi) is 5.47. The highest BCUT2D eigenvalue weighted by Gasteiger charge is 2.20. The normalized spacial score (nSPS) is 12.2. The summed E-state index contributed by atoms with van der Waals surface area (Å²) in [6.07, 6.45) is 0. The lowest BCUT2D eigenvalue weighted by Gasteiger charge is -2.16. The summed E-state index contributed by atoms with van der Waals surface area (Å²) in [4.78, 5) is 0. The van der Waals surface area contributed by atoms with Crippen LogP contribution in [-0.4, -0.2) is 9.13 Å². The van der Waals surface area contributed by atoms with E-state index in [2.05, 4.69) is 155 Å². The van der Waals surface area contributed by atoms with Crippen molar-refractivity contribution in [3.05, 3.63) is 170 Å². The molecule has 4 nitrogen and oxygen atoms in total. The van der Waals surface area contributed by atoms with Crippen LogP contribution in [0.1, 0.15) is 0 Å². The Hall–Kier alpha value is -7.04. The third kappa shape index (κ3) is 3.81. The molecule has 0 aliphatic rings. The van der Waals surface area contributed by atoms with Crippen LogP contribution in [0, 0.1) is 0 Å². The van der Waals surface area contributed by atoms with Crippen molar-refractivity contribution in [2.45, 2.75) is 0 Å². The molecule has 0 saturated heterocycles. The van der Waals surface area contributed by atoms with E-state index in [1.54, 1.807) is 0 Å². The van der Waals surface area contributed by atoms with E-state index in [1.165, 1.54) is 21.5 Å². The SMILES string of the molecule is c1ccc(-c2cc(-n3c4ccccc4c4cc5c(cc43)oc3ccccc35)cc(-n3c4ccccc4c4cc5c(cc43)oc3ccccc35)c2)cc1. The summed E-state index contributed by atoms with van der Waals surface area (Å²) >= 11 is 0. The van der Waals surface area contributed by atoms with Gasteiger partial charge in [0.05, 0.1) is 22.1 Å². The second kappa shape index (κ2) is 10.3. The van der Waals surface area contributed by atoms with Crippen LogP contribution in [0.3, 0.4) is 0 Å². The smallest absolute Gasteiger partial charge is 0.137 e. The van der Waals surface area contributed by atoms with Gasteiger partial charge >= 0.3 is 0 Å². The van der Waals surface area contributed by atoms with Gasteiger partial charge in [-0.05, 0) is 65.7 Å². The van der Waals surface area contributed by atoms with Gasteiger partial charge in [-0.15, -0.1) is 0 Å². The van der Waals surface area contributed by atoms with Gasteiger partial charge < -0.3 is 18.0 Å². The van der Waals surface area contributed by atoms with E-state index in [0.29, 0.717) is 0 Å². The van der Waals surface area contributed by atoms with Gasteiger partial charge in [0.25, 0.3) is 0 Å². The Morgan fingerprint density at radius 3 is 1.23 bits per heavy atom. The van der Waals surface area contributed by atoms with Gasteiger partial charge in [-0.2, -0.15) is 0 Å². The highest BCUT2D eigenvalue weighted by Crippen LogP contribution is 2.42. The van der Waals surface area contributed by atoms with E-state index >= 15 is 0 Å². The molecule has 0 saturated carbocycles. The van der Waals surface area contributed by atoms with Crippen molar-refractivity contribution < 1.29 is 8.83 Å². The number of furan rings is 2. The summed E-state index contributed by atoms with van der Waals surface area (Å²) in [6, 6.07) is 60.7. The summed E-state index contributed by atoms with van der Waals surface area (Å²) in [5.41, 5.74) is 12.5. The van der Waals surface area contributed by atoms with Crippen LogP contribution in [0.2, 0.25) is 0 Å². The molecule has 8 aromatic carbocycles. The van der Waals surface area contributed by atoms with Gasteiger partial charge in [-0.25, -0.2) is 0 Å². The Labute approximate surface area is 296 Å². The minimum atomic E-state index is 0.884. The lowest BCUT2D eigenvalue weighted by Crippen LogP contribution is -2.00. The third-order valence-corrected chi connectivity index (χ3v) is 10.9. The van der Waals surface area contributed by atoms with E-state index in [9.17, 15) is 0 Å². The minimum Gasteiger partial charge on any atom is -0.456 e. The van der Waals surface area contributed by atoms with Gasteiger partial charge in [0, 0.05) is 66.6 Å². The van der Waals surface area contributed by atoms with E-state index in [0.717, 1.165) is 88.4 Å². The van der Waals surface area contributed by atoms with Crippen LogP contribution in [0.5, 0.6) is 0 Å². The summed E-state index contributed by atoms with van der Waals surface area (Å²) in [6.45, 7) is 0. The van der Waals surface area contributed by atoms with Gasteiger partial charge in [0.1, 0.15) is 22.3 Å². The summed E-state index contributed by atoms with van der Waals surface area (Å²) in [5.74, 6) is 0.